The zero-order chi connectivity index (χ0) is 11.3. The molecule has 0 saturated carbocycles. The van der Waals surface area contributed by atoms with Crippen LogP contribution in [0.3, 0.4) is 0 Å². The number of non-ortho nitro benzene ring substituents is 1. The Balaban J connectivity index is 2.50. The van der Waals surface area contributed by atoms with Gasteiger partial charge in [0.2, 0.25) is 0 Å². The van der Waals surface area contributed by atoms with Gasteiger partial charge in [0.1, 0.15) is 0 Å². The molecule has 1 aromatic rings. The van der Waals surface area contributed by atoms with Gasteiger partial charge in [0.25, 0.3) is 5.69 Å². The van der Waals surface area contributed by atoms with Crippen LogP contribution in [-0.4, -0.2) is 17.4 Å². The molecular weight excluding hydrogens is 196 g/mol. The van der Waals surface area contributed by atoms with Crippen LogP contribution in [0.15, 0.2) is 24.3 Å². The Morgan fingerprint density at radius 2 is 2.07 bits per heavy atom. The highest BCUT2D eigenvalue weighted by Gasteiger charge is 2.03. The van der Waals surface area contributed by atoms with E-state index in [1.165, 1.54) is 12.1 Å². The van der Waals surface area contributed by atoms with E-state index in [9.17, 15) is 10.1 Å². The number of guanidine groups is 1. The second-order valence-corrected chi connectivity index (χ2v) is 3.01. The van der Waals surface area contributed by atoms with Crippen LogP contribution < -0.4 is 11.1 Å². The summed E-state index contributed by atoms with van der Waals surface area (Å²) in [4.78, 5) is 9.93. The van der Waals surface area contributed by atoms with Gasteiger partial charge in [0, 0.05) is 18.7 Å². The summed E-state index contributed by atoms with van der Waals surface area (Å²) in [7, 11) is 0. The minimum absolute atomic E-state index is 0.0723. The van der Waals surface area contributed by atoms with Crippen molar-refractivity contribution in [1.29, 1.82) is 5.41 Å². The number of rotatable bonds is 4. The molecule has 0 fully saturated rings. The maximum absolute atomic E-state index is 10.4. The van der Waals surface area contributed by atoms with Gasteiger partial charge in [-0.25, -0.2) is 0 Å². The fourth-order valence-corrected chi connectivity index (χ4v) is 1.13. The molecule has 15 heavy (non-hydrogen) atoms. The maximum atomic E-state index is 10.4. The molecule has 1 aromatic carbocycles. The average molecular weight is 208 g/mol. The molecule has 0 spiro atoms. The normalized spacial score (nSPS) is 9.60. The SMILES string of the molecule is N=C(N)NCCc1ccc([N+](=O)[O-])cc1. The Labute approximate surface area is 86.8 Å². The van der Waals surface area contributed by atoms with Crippen molar-refractivity contribution in [3.05, 3.63) is 39.9 Å². The lowest BCUT2D eigenvalue weighted by molar-refractivity contribution is -0.384. The predicted octanol–water partition coefficient (Wildman–Crippen LogP) is 0.620. The zero-order valence-corrected chi connectivity index (χ0v) is 8.06. The van der Waals surface area contributed by atoms with Crippen molar-refractivity contribution in [3.8, 4) is 0 Å². The van der Waals surface area contributed by atoms with Gasteiger partial charge in [0.15, 0.2) is 5.96 Å². The van der Waals surface area contributed by atoms with E-state index in [2.05, 4.69) is 5.32 Å². The van der Waals surface area contributed by atoms with Gasteiger partial charge in [0.05, 0.1) is 4.92 Å². The summed E-state index contributed by atoms with van der Waals surface area (Å²) in [5, 5.41) is 20.0. The summed E-state index contributed by atoms with van der Waals surface area (Å²) in [5.74, 6) is -0.0723. The van der Waals surface area contributed by atoms with Gasteiger partial charge >= 0.3 is 0 Å². The third kappa shape index (κ3) is 3.63. The van der Waals surface area contributed by atoms with E-state index < -0.39 is 4.92 Å². The molecule has 0 aliphatic heterocycles. The average Bonchev–Trinajstić information content (AvgIpc) is 2.18. The molecule has 0 aromatic heterocycles. The summed E-state index contributed by atoms with van der Waals surface area (Å²) in [6, 6.07) is 6.31. The highest BCUT2D eigenvalue weighted by Crippen LogP contribution is 2.11. The molecule has 0 amide bonds. The first-order valence-electron chi connectivity index (χ1n) is 4.41. The van der Waals surface area contributed by atoms with Crippen LogP contribution in [-0.2, 0) is 6.42 Å². The number of nitro benzene ring substituents is 1. The van der Waals surface area contributed by atoms with E-state index in [0.29, 0.717) is 13.0 Å². The summed E-state index contributed by atoms with van der Waals surface area (Å²) in [5.41, 5.74) is 6.15. The highest BCUT2D eigenvalue weighted by molar-refractivity contribution is 5.74. The molecule has 1 rings (SSSR count). The molecule has 0 atom stereocenters. The van der Waals surface area contributed by atoms with Crippen LogP contribution >= 0.6 is 0 Å². The number of nitrogens with one attached hydrogen (secondary N) is 2. The topological polar surface area (TPSA) is 105 Å². The van der Waals surface area contributed by atoms with E-state index in [-0.39, 0.29) is 11.6 Å². The summed E-state index contributed by atoms with van der Waals surface area (Å²) in [6.07, 6.45) is 0.678. The Morgan fingerprint density at radius 1 is 1.47 bits per heavy atom. The predicted molar refractivity (Wildman–Crippen MR) is 56.7 cm³/mol. The van der Waals surface area contributed by atoms with Crippen molar-refractivity contribution in [3.63, 3.8) is 0 Å². The second kappa shape index (κ2) is 4.94. The molecule has 0 aliphatic carbocycles. The fraction of sp³-hybridized carbons (Fsp3) is 0.222. The van der Waals surface area contributed by atoms with E-state index in [0.717, 1.165) is 5.56 Å². The number of nitrogens with zero attached hydrogens (tertiary/aromatic N) is 1. The number of nitro groups is 1. The van der Waals surface area contributed by atoms with Crippen LogP contribution in [0.2, 0.25) is 0 Å². The second-order valence-electron chi connectivity index (χ2n) is 3.01. The Kier molecular flexibility index (Phi) is 3.61. The molecule has 0 bridgehead atoms. The molecular formula is C9H12N4O2. The van der Waals surface area contributed by atoms with Gasteiger partial charge in [-0.1, -0.05) is 12.1 Å². The third-order valence-corrected chi connectivity index (χ3v) is 1.88. The molecule has 0 aliphatic rings. The molecule has 0 saturated heterocycles. The number of hydrogen-bond acceptors (Lipinski definition) is 3. The summed E-state index contributed by atoms with van der Waals surface area (Å²) >= 11 is 0. The highest BCUT2D eigenvalue weighted by atomic mass is 16.6. The van der Waals surface area contributed by atoms with Crippen molar-refractivity contribution in [2.45, 2.75) is 6.42 Å². The lowest BCUT2D eigenvalue weighted by Crippen LogP contribution is -2.31. The first-order valence-corrected chi connectivity index (χ1v) is 4.41. The molecule has 80 valence electrons. The van der Waals surface area contributed by atoms with Crippen molar-refractivity contribution >= 4 is 11.6 Å². The van der Waals surface area contributed by atoms with Gasteiger partial charge in [-0.15, -0.1) is 0 Å². The molecule has 6 nitrogen and oxygen atoms in total. The molecule has 0 unspecified atom stereocenters. The van der Waals surface area contributed by atoms with E-state index >= 15 is 0 Å². The lowest BCUT2D eigenvalue weighted by atomic mass is 10.1. The first-order chi connectivity index (χ1) is 7.09. The van der Waals surface area contributed by atoms with Gasteiger partial charge < -0.3 is 11.1 Å². The van der Waals surface area contributed by atoms with E-state index in [1.807, 2.05) is 0 Å². The van der Waals surface area contributed by atoms with Crippen LogP contribution in [0.5, 0.6) is 0 Å². The molecule has 6 heteroatoms. The molecule has 4 N–H and O–H groups in total. The maximum Gasteiger partial charge on any atom is 0.269 e. The minimum Gasteiger partial charge on any atom is -0.370 e. The fourth-order valence-electron chi connectivity index (χ4n) is 1.13. The lowest BCUT2D eigenvalue weighted by Gasteiger charge is -2.03. The summed E-state index contributed by atoms with van der Waals surface area (Å²) < 4.78 is 0. The van der Waals surface area contributed by atoms with Gasteiger partial charge in [-0.05, 0) is 12.0 Å². The summed E-state index contributed by atoms with van der Waals surface area (Å²) in [6.45, 7) is 0.549. The van der Waals surface area contributed by atoms with Crippen LogP contribution in [0.25, 0.3) is 0 Å². The van der Waals surface area contributed by atoms with Crippen molar-refractivity contribution < 1.29 is 4.92 Å². The van der Waals surface area contributed by atoms with Crippen LogP contribution in [0, 0.1) is 15.5 Å². The van der Waals surface area contributed by atoms with Crippen LogP contribution in [0.1, 0.15) is 5.56 Å². The third-order valence-electron chi connectivity index (χ3n) is 1.88. The zero-order valence-electron chi connectivity index (χ0n) is 8.06. The minimum atomic E-state index is -0.433. The Morgan fingerprint density at radius 3 is 2.53 bits per heavy atom. The van der Waals surface area contributed by atoms with Crippen molar-refractivity contribution in [2.24, 2.45) is 5.73 Å². The van der Waals surface area contributed by atoms with Crippen molar-refractivity contribution in [1.82, 2.24) is 5.32 Å². The number of hydrogen-bond donors (Lipinski definition) is 3. The van der Waals surface area contributed by atoms with E-state index in [1.54, 1.807) is 12.1 Å². The first kappa shape index (κ1) is 11.0. The largest absolute Gasteiger partial charge is 0.370 e. The number of nitrogens with two attached hydrogens (primary N) is 1. The van der Waals surface area contributed by atoms with Crippen LogP contribution in [0.4, 0.5) is 5.69 Å². The van der Waals surface area contributed by atoms with Gasteiger partial charge in [-0.2, -0.15) is 0 Å². The number of benzene rings is 1. The van der Waals surface area contributed by atoms with Crippen molar-refractivity contribution in [2.75, 3.05) is 6.54 Å². The Bertz CT molecular complexity index is 361. The standard InChI is InChI=1S/C9H12N4O2/c10-9(11)12-6-5-7-1-3-8(4-2-7)13(14)15/h1-4H,5-6H2,(H4,10,11,12). The monoisotopic (exact) mass is 208 g/mol. The molecule has 0 radical (unpaired) electrons. The smallest absolute Gasteiger partial charge is 0.269 e. The Hall–Kier alpha value is -2.11. The molecule has 0 heterocycles. The van der Waals surface area contributed by atoms with Gasteiger partial charge in [-0.3, -0.25) is 15.5 Å². The van der Waals surface area contributed by atoms with E-state index in [4.69, 9.17) is 11.1 Å². The quantitative estimate of drug-likeness (QED) is 0.292.